The maximum absolute atomic E-state index is 12.6. The molecular formula is C21H27ClN2O2. The number of halogens is 1. The average molecular weight is 375 g/mol. The molecule has 1 aliphatic rings. The average Bonchev–Trinajstić information content (AvgIpc) is 2.68. The number of piperidine rings is 1. The van der Waals surface area contributed by atoms with Crippen molar-refractivity contribution in [3.8, 4) is 5.75 Å². The van der Waals surface area contributed by atoms with Gasteiger partial charge in [-0.05, 0) is 54.5 Å². The highest BCUT2D eigenvalue weighted by molar-refractivity contribution is 5.94. The minimum Gasteiger partial charge on any atom is -0.496 e. The van der Waals surface area contributed by atoms with Crippen LogP contribution in [0.15, 0.2) is 48.5 Å². The molecule has 1 saturated heterocycles. The van der Waals surface area contributed by atoms with Gasteiger partial charge >= 0.3 is 0 Å². The Morgan fingerprint density at radius 1 is 1.12 bits per heavy atom. The first-order valence-electron chi connectivity index (χ1n) is 8.91. The summed E-state index contributed by atoms with van der Waals surface area (Å²) in [5.74, 6) is 1.68. The number of methoxy groups -OCH3 is 1. The van der Waals surface area contributed by atoms with Crippen molar-refractivity contribution in [2.24, 2.45) is 11.7 Å². The van der Waals surface area contributed by atoms with E-state index in [1.54, 1.807) is 7.11 Å². The standard InChI is InChI=1S/C21H26N2O2.ClH/c1-25-20-5-3-2-4-19(20)14-16-10-12-23(13-11-16)21(24)18-8-6-17(15-22)7-9-18;/h2-9,16H,10-15,22H2,1H3;1H. The third-order valence-electron chi connectivity index (χ3n) is 5.04. The summed E-state index contributed by atoms with van der Waals surface area (Å²) in [7, 11) is 1.72. The molecule has 1 heterocycles. The van der Waals surface area contributed by atoms with Gasteiger partial charge in [-0.2, -0.15) is 0 Å². The van der Waals surface area contributed by atoms with Crippen LogP contribution in [0.5, 0.6) is 5.75 Å². The first-order chi connectivity index (χ1) is 12.2. The van der Waals surface area contributed by atoms with Crippen molar-refractivity contribution >= 4 is 18.3 Å². The van der Waals surface area contributed by atoms with Gasteiger partial charge in [0.05, 0.1) is 7.11 Å². The molecule has 0 atom stereocenters. The topological polar surface area (TPSA) is 55.6 Å². The molecule has 2 N–H and O–H groups in total. The lowest BCUT2D eigenvalue weighted by Crippen LogP contribution is -2.38. The number of nitrogens with two attached hydrogens (primary N) is 1. The fourth-order valence-corrected chi connectivity index (χ4v) is 3.49. The zero-order chi connectivity index (χ0) is 17.6. The Balaban J connectivity index is 0.00000243. The van der Waals surface area contributed by atoms with Gasteiger partial charge in [0.2, 0.25) is 0 Å². The van der Waals surface area contributed by atoms with Crippen LogP contribution in [0, 0.1) is 5.92 Å². The van der Waals surface area contributed by atoms with E-state index in [-0.39, 0.29) is 18.3 Å². The second-order valence-corrected chi connectivity index (χ2v) is 6.65. The quantitative estimate of drug-likeness (QED) is 0.868. The van der Waals surface area contributed by atoms with E-state index in [1.807, 2.05) is 41.3 Å². The number of rotatable bonds is 5. The Labute approximate surface area is 161 Å². The summed E-state index contributed by atoms with van der Waals surface area (Å²) in [6, 6.07) is 15.8. The molecule has 0 spiro atoms. The highest BCUT2D eigenvalue weighted by Gasteiger charge is 2.24. The number of hydrogen-bond acceptors (Lipinski definition) is 3. The Morgan fingerprint density at radius 3 is 2.38 bits per heavy atom. The van der Waals surface area contributed by atoms with Crippen molar-refractivity contribution in [3.63, 3.8) is 0 Å². The number of benzene rings is 2. The lowest BCUT2D eigenvalue weighted by Gasteiger charge is -2.32. The van der Waals surface area contributed by atoms with Crippen LogP contribution in [0.2, 0.25) is 0 Å². The van der Waals surface area contributed by atoms with E-state index in [0.717, 1.165) is 49.2 Å². The molecule has 5 heteroatoms. The Morgan fingerprint density at radius 2 is 1.77 bits per heavy atom. The summed E-state index contributed by atoms with van der Waals surface area (Å²) in [5, 5.41) is 0. The molecule has 3 rings (SSSR count). The molecule has 0 radical (unpaired) electrons. The van der Waals surface area contributed by atoms with Crippen LogP contribution in [-0.2, 0) is 13.0 Å². The van der Waals surface area contributed by atoms with Crippen LogP contribution in [0.3, 0.4) is 0 Å². The summed E-state index contributed by atoms with van der Waals surface area (Å²) in [6.45, 7) is 2.14. The van der Waals surface area contributed by atoms with Crippen LogP contribution in [0.1, 0.15) is 34.3 Å². The molecule has 0 aromatic heterocycles. The minimum absolute atomic E-state index is 0. The van der Waals surface area contributed by atoms with Gasteiger partial charge < -0.3 is 15.4 Å². The number of amides is 1. The summed E-state index contributed by atoms with van der Waals surface area (Å²) in [5.41, 5.74) is 8.67. The first-order valence-corrected chi connectivity index (χ1v) is 8.91. The Kier molecular flexibility index (Phi) is 7.49. The van der Waals surface area contributed by atoms with Gasteiger partial charge in [-0.25, -0.2) is 0 Å². The highest BCUT2D eigenvalue weighted by atomic mass is 35.5. The van der Waals surface area contributed by atoms with Crippen molar-refractivity contribution in [1.29, 1.82) is 0 Å². The molecule has 0 bridgehead atoms. The van der Waals surface area contributed by atoms with E-state index in [0.29, 0.717) is 12.5 Å². The van der Waals surface area contributed by atoms with Crippen molar-refractivity contribution < 1.29 is 9.53 Å². The molecule has 0 saturated carbocycles. The van der Waals surface area contributed by atoms with Crippen molar-refractivity contribution in [2.45, 2.75) is 25.8 Å². The van der Waals surface area contributed by atoms with Gasteiger partial charge in [-0.1, -0.05) is 30.3 Å². The second-order valence-electron chi connectivity index (χ2n) is 6.65. The van der Waals surface area contributed by atoms with Crippen molar-refractivity contribution in [3.05, 3.63) is 65.2 Å². The normalized spacial score (nSPS) is 14.6. The number of para-hydroxylation sites is 1. The largest absolute Gasteiger partial charge is 0.496 e. The summed E-state index contributed by atoms with van der Waals surface area (Å²) >= 11 is 0. The Bertz CT molecular complexity index is 710. The monoisotopic (exact) mass is 374 g/mol. The predicted octanol–water partition coefficient (Wildman–Crippen LogP) is 3.67. The molecule has 0 aliphatic carbocycles. The van der Waals surface area contributed by atoms with E-state index in [2.05, 4.69) is 12.1 Å². The first kappa shape index (κ1) is 20.3. The van der Waals surface area contributed by atoms with Gasteiger partial charge in [-0.15, -0.1) is 12.4 Å². The number of hydrogen-bond donors (Lipinski definition) is 1. The molecule has 26 heavy (non-hydrogen) atoms. The number of carbonyl (C=O) groups excluding carboxylic acids is 1. The molecule has 1 amide bonds. The summed E-state index contributed by atoms with van der Waals surface area (Å²) in [6.07, 6.45) is 3.08. The molecule has 1 aliphatic heterocycles. The van der Waals surface area contributed by atoms with Crippen molar-refractivity contribution in [1.82, 2.24) is 4.90 Å². The van der Waals surface area contributed by atoms with Crippen LogP contribution < -0.4 is 10.5 Å². The summed E-state index contributed by atoms with van der Waals surface area (Å²) < 4.78 is 5.45. The van der Waals surface area contributed by atoms with Crippen LogP contribution in [0.4, 0.5) is 0 Å². The van der Waals surface area contributed by atoms with E-state index < -0.39 is 0 Å². The second kappa shape index (κ2) is 9.60. The van der Waals surface area contributed by atoms with E-state index >= 15 is 0 Å². The lowest BCUT2D eigenvalue weighted by atomic mass is 9.89. The minimum atomic E-state index is 0. The zero-order valence-corrected chi connectivity index (χ0v) is 16.0. The summed E-state index contributed by atoms with van der Waals surface area (Å²) in [4.78, 5) is 14.6. The Hall–Kier alpha value is -2.04. The fourth-order valence-electron chi connectivity index (χ4n) is 3.49. The maximum Gasteiger partial charge on any atom is 0.253 e. The van der Waals surface area contributed by atoms with Crippen molar-refractivity contribution in [2.75, 3.05) is 20.2 Å². The molecular weight excluding hydrogens is 348 g/mol. The van der Waals surface area contributed by atoms with E-state index in [1.165, 1.54) is 5.56 Å². The van der Waals surface area contributed by atoms with Gasteiger partial charge in [-0.3, -0.25) is 4.79 Å². The molecule has 2 aromatic rings. The highest BCUT2D eigenvalue weighted by Crippen LogP contribution is 2.27. The number of ether oxygens (including phenoxy) is 1. The van der Waals surface area contributed by atoms with Gasteiger partial charge in [0.25, 0.3) is 5.91 Å². The van der Waals surface area contributed by atoms with Crippen LogP contribution in [0.25, 0.3) is 0 Å². The predicted molar refractivity (Wildman–Crippen MR) is 107 cm³/mol. The molecule has 2 aromatic carbocycles. The van der Waals surface area contributed by atoms with E-state index in [4.69, 9.17) is 10.5 Å². The van der Waals surface area contributed by atoms with Gasteiger partial charge in [0.15, 0.2) is 0 Å². The van der Waals surface area contributed by atoms with E-state index in [9.17, 15) is 4.79 Å². The zero-order valence-electron chi connectivity index (χ0n) is 15.2. The molecule has 1 fully saturated rings. The SMILES string of the molecule is COc1ccccc1CC1CCN(C(=O)c2ccc(CN)cc2)CC1.Cl. The number of nitrogens with zero attached hydrogens (tertiary/aromatic N) is 1. The number of likely N-dealkylation sites (tertiary alicyclic amines) is 1. The molecule has 0 unspecified atom stereocenters. The van der Waals surface area contributed by atoms with Gasteiger partial charge in [0, 0.05) is 25.2 Å². The van der Waals surface area contributed by atoms with Crippen LogP contribution >= 0.6 is 12.4 Å². The van der Waals surface area contributed by atoms with Gasteiger partial charge in [0.1, 0.15) is 5.75 Å². The maximum atomic E-state index is 12.6. The third kappa shape index (κ3) is 4.77. The fraction of sp³-hybridized carbons (Fsp3) is 0.381. The van der Waals surface area contributed by atoms with Crippen LogP contribution in [-0.4, -0.2) is 31.0 Å². The third-order valence-corrected chi connectivity index (χ3v) is 5.04. The smallest absolute Gasteiger partial charge is 0.253 e. The number of carbonyl (C=O) groups is 1. The molecule has 4 nitrogen and oxygen atoms in total. The lowest BCUT2D eigenvalue weighted by molar-refractivity contribution is 0.0690. The molecule has 140 valence electrons.